The van der Waals surface area contributed by atoms with E-state index in [2.05, 4.69) is 21.2 Å². The van der Waals surface area contributed by atoms with Crippen LogP contribution in [-0.4, -0.2) is 24.6 Å². The van der Waals surface area contributed by atoms with Gasteiger partial charge in [-0.05, 0) is 93.8 Å². The zero-order chi connectivity index (χ0) is 24.9. The monoisotopic (exact) mass is 529 g/mol. The topological polar surface area (TPSA) is 64.6 Å². The van der Waals surface area contributed by atoms with Crippen LogP contribution in [0.5, 0.6) is 5.75 Å². The maximum atomic E-state index is 13.6. The van der Waals surface area contributed by atoms with Gasteiger partial charge in [0.05, 0.1) is 13.0 Å². The summed E-state index contributed by atoms with van der Waals surface area (Å²) >= 11 is 3.50. The Labute approximate surface area is 211 Å². The van der Waals surface area contributed by atoms with E-state index in [9.17, 15) is 9.59 Å². The molecule has 1 amide bonds. The number of hydrogen-bond donors (Lipinski definition) is 1. The number of esters is 1. The Balaban J connectivity index is 1.82. The van der Waals surface area contributed by atoms with Gasteiger partial charge in [0.25, 0.3) is 0 Å². The summed E-state index contributed by atoms with van der Waals surface area (Å²) in [4.78, 5) is 25.9. The molecule has 0 spiro atoms. The van der Waals surface area contributed by atoms with Crippen LogP contribution in [0.4, 0.5) is 5.69 Å². The Bertz CT molecular complexity index is 1000. The highest BCUT2D eigenvalue weighted by Crippen LogP contribution is 2.39. The summed E-state index contributed by atoms with van der Waals surface area (Å²) in [5.74, 6) is 0.619. The van der Waals surface area contributed by atoms with Gasteiger partial charge in [-0.25, -0.2) is 0 Å². The number of methoxy groups -OCH3 is 1. The average Bonchev–Trinajstić information content (AvgIpc) is 3.29. The fourth-order valence-electron chi connectivity index (χ4n) is 4.80. The lowest BCUT2D eigenvalue weighted by Crippen LogP contribution is -2.27. The van der Waals surface area contributed by atoms with Crippen molar-refractivity contribution >= 4 is 33.5 Å². The Morgan fingerprint density at radius 3 is 2.32 bits per heavy atom. The van der Waals surface area contributed by atoms with Crippen molar-refractivity contribution in [3.05, 3.63) is 57.6 Å². The molecule has 3 rings (SSSR count). The third kappa shape index (κ3) is 6.84. The van der Waals surface area contributed by atoms with Gasteiger partial charge in [-0.15, -0.1) is 0 Å². The molecular weight excluding hydrogens is 494 g/mol. The molecule has 1 atom stereocenters. The molecule has 5 nitrogen and oxygen atoms in total. The zero-order valence-corrected chi connectivity index (χ0v) is 22.5. The van der Waals surface area contributed by atoms with Gasteiger partial charge in [0.15, 0.2) is 0 Å². The van der Waals surface area contributed by atoms with Crippen LogP contribution in [-0.2, 0) is 20.7 Å². The Morgan fingerprint density at radius 2 is 1.74 bits per heavy atom. The zero-order valence-electron chi connectivity index (χ0n) is 20.9. The summed E-state index contributed by atoms with van der Waals surface area (Å²) in [6.45, 7) is 7.55. The molecule has 2 aromatic carbocycles. The molecule has 34 heavy (non-hydrogen) atoms. The van der Waals surface area contributed by atoms with Crippen LogP contribution < -0.4 is 10.1 Å². The summed E-state index contributed by atoms with van der Waals surface area (Å²) in [6, 6.07) is 11.8. The standard InChI is InChI=1S/C28H36BrNO4/c1-18-22(14-17-25(31)34-28(2,3)4)24(33-5)16-15-23(18)30-27(32)26(19-8-6-7-9-19)20-10-12-21(29)13-11-20/h10-13,15-16,19,26H,6-9,14,17H2,1-5H3,(H,30,32). The van der Waals surface area contributed by atoms with E-state index in [1.54, 1.807) is 7.11 Å². The number of carbonyl (C=O) groups is 2. The molecule has 0 radical (unpaired) electrons. The maximum Gasteiger partial charge on any atom is 0.306 e. The van der Waals surface area contributed by atoms with Gasteiger partial charge in [0.1, 0.15) is 11.4 Å². The van der Waals surface area contributed by atoms with E-state index in [4.69, 9.17) is 9.47 Å². The molecule has 0 saturated heterocycles. The van der Waals surface area contributed by atoms with Gasteiger partial charge in [0, 0.05) is 16.6 Å². The van der Waals surface area contributed by atoms with E-state index in [0.29, 0.717) is 18.1 Å². The van der Waals surface area contributed by atoms with Crippen molar-refractivity contribution in [3.63, 3.8) is 0 Å². The molecule has 0 heterocycles. The summed E-state index contributed by atoms with van der Waals surface area (Å²) in [6.07, 6.45) is 5.19. The minimum absolute atomic E-state index is 0.0144. The summed E-state index contributed by atoms with van der Waals surface area (Å²) in [7, 11) is 1.62. The van der Waals surface area contributed by atoms with Crippen LogP contribution in [0.1, 0.15) is 75.5 Å². The largest absolute Gasteiger partial charge is 0.496 e. The van der Waals surface area contributed by atoms with Gasteiger partial charge in [-0.3, -0.25) is 9.59 Å². The number of amides is 1. The Kier molecular flexibility index (Phi) is 8.80. The van der Waals surface area contributed by atoms with Crippen LogP contribution in [0.2, 0.25) is 0 Å². The van der Waals surface area contributed by atoms with Crippen molar-refractivity contribution in [1.29, 1.82) is 0 Å². The van der Waals surface area contributed by atoms with Gasteiger partial charge >= 0.3 is 5.97 Å². The number of anilines is 1. The average molecular weight is 531 g/mol. The quantitative estimate of drug-likeness (QED) is 0.375. The first-order valence-electron chi connectivity index (χ1n) is 12.0. The molecule has 6 heteroatoms. The predicted molar refractivity (Wildman–Crippen MR) is 139 cm³/mol. The molecule has 1 unspecified atom stereocenters. The van der Waals surface area contributed by atoms with E-state index < -0.39 is 5.60 Å². The van der Waals surface area contributed by atoms with E-state index >= 15 is 0 Å². The fourth-order valence-corrected chi connectivity index (χ4v) is 5.06. The van der Waals surface area contributed by atoms with Crippen LogP contribution in [0, 0.1) is 12.8 Å². The first-order chi connectivity index (χ1) is 16.1. The molecule has 1 aliphatic carbocycles. The number of nitrogens with one attached hydrogen (secondary N) is 1. The second kappa shape index (κ2) is 11.4. The van der Waals surface area contributed by atoms with Gasteiger partial charge in [-0.2, -0.15) is 0 Å². The number of halogens is 1. The first-order valence-corrected chi connectivity index (χ1v) is 12.8. The maximum absolute atomic E-state index is 13.6. The fraction of sp³-hybridized carbons (Fsp3) is 0.500. The lowest BCUT2D eigenvalue weighted by molar-refractivity contribution is -0.154. The highest BCUT2D eigenvalue weighted by atomic mass is 79.9. The molecular formula is C28H36BrNO4. The Hall–Kier alpha value is -2.34. The predicted octanol–water partition coefficient (Wildman–Crippen LogP) is 6.95. The molecule has 0 aliphatic heterocycles. The summed E-state index contributed by atoms with van der Waals surface area (Å²) < 4.78 is 12.0. The molecule has 2 aromatic rings. The highest BCUT2D eigenvalue weighted by molar-refractivity contribution is 9.10. The third-order valence-corrected chi connectivity index (χ3v) is 6.94. The smallest absolute Gasteiger partial charge is 0.306 e. The number of hydrogen-bond acceptors (Lipinski definition) is 4. The van der Waals surface area contributed by atoms with E-state index in [1.165, 1.54) is 12.8 Å². The van der Waals surface area contributed by atoms with Crippen molar-refractivity contribution in [2.75, 3.05) is 12.4 Å². The van der Waals surface area contributed by atoms with Crippen molar-refractivity contribution in [3.8, 4) is 5.75 Å². The number of carbonyl (C=O) groups excluding carboxylic acids is 2. The number of benzene rings is 2. The van der Waals surface area contributed by atoms with Gasteiger partial charge < -0.3 is 14.8 Å². The van der Waals surface area contributed by atoms with E-state index in [0.717, 1.165) is 39.7 Å². The van der Waals surface area contributed by atoms with Gasteiger partial charge in [-0.1, -0.05) is 40.9 Å². The first kappa shape index (κ1) is 26.3. The SMILES string of the molecule is COc1ccc(NC(=O)C(c2ccc(Br)cc2)C2CCCC2)c(C)c1CCC(=O)OC(C)(C)C. The lowest BCUT2D eigenvalue weighted by Gasteiger charge is -2.24. The van der Waals surface area contributed by atoms with E-state index in [-0.39, 0.29) is 24.2 Å². The molecule has 1 saturated carbocycles. The molecule has 1 N–H and O–H groups in total. The molecule has 0 aromatic heterocycles. The minimum Gasteiger partial charge on any atom is -0.496 e. The number of ether oxygens (including phenoxy) is 2. The van der Waals surface area contributed by atoms with Crippen LogP contribution >= 0.6 is 15.9 Å². The number of rotatable bonds is 8. The second-order valence-corrected chi connectivity index (χ2v) is 11.0. The molecule has 1 aliphatic rings. The molecule has 184 valence electrons. The van der Waals surface area contributed by atoms with Crippen molar-refractivity contribution in [2.24, 2.45) is 5.92 Å². The minimum atomic E-state index is -0.520. The summed E-state index contributed by atoms with van der Waals surface area (Å²) in [5.41, 5.74) is 3.10. The molecule has 0 bridgehead atoms. The van der Waals surface area contributed by atoms with E-state index in [1.807, 2.05) is 64.1 Å². The van der Waals surface area contributed by atoms with Crippen molar-refractivity contribution in [1.82, 2.24) is 0 Å². The van der Waals surface area contributed by atoms with Crippen LogP contribution in [0.3, 0.4) is 0 Å². The van der Waals surface area contributed by atoms with Crippen LogP contribution in [0.25, 0.3) is 0 Å². The van der Waals surface area contributed by atoms with Crippen molar-refractivity contribution < 1.29 is 19.1 Å². The lowest BCUT2D eigenvalue weighted by atomic mass is 9.84. The second-order valence-electron chi connectivity index (χ2n) is 10.1. The molecule has 1 fully saturated rings. The normalized spacial score (nSPS) is 15.1. The Morgan fingerprint density at radius 1 is 1.09 bits per heavy atom. The highest BCUT2D eigenvalue weighted by Gasteiger charge is 2.32. The van der Waals surface area contributed by atoms with Crippen molar-refractivity contribution in [2.45, 2.75) is 77.7 Å². The van der Waals surface area contributed by atoms with Gasteiger partial charge in [0.2, 0.25) is 5.91 Å². The van der Waals surface area contributed by atoms with Crippen LogP contribution in [0.15, 0.2) is 40.9 Å². The summed E-state index contributed by atoms with van der Waals surface area (Å²) in [5, 5.41) is 3.20. The third-order valence-electron chi connectivity index (χ3n) is 6.42.